The van der Waals surface area contributed by atoms with Crippen LogP contribution in [-0.2, 0) is 16.7 Å². The Kier molecular flexibility index (Phi) is 3.93. The van der Waals surface area contributed by atoms with Gasteiger partial charge in [-0.2, -0.15) is 0 Å². The van der Waals surface area contributed by atoms with Crippen LogP contribution in [0, 0.1) is 0 Å². The molecule has 2 amide bonds. The molecule has 1 saturated heterocycles. The third-order valence-electron chi connectivity index (χ3n) is 5.29. The average Bonchev–Trinajstić information content (AvgIpc) is 3.18. The molecule has 1 aliphatic carbocycles. The van der Waals surface area contributed by atoms with E-state index in [2.05, 4.69) is 20.6 Å². The minimum Gasteiger partial charge on any atom is -0.388 e. The Bertz CT molecular complexity index is 715. The number of piperidine rings is 1. The van der Waals surface area contributed by atoms with Crippen molar-refractivity contribution in [3.8, 4) is 0 Å². The molecule has 9 nitrogen and oxygen atoms in total. The van der Waals surface area contributed by atoms with Crippen LogP contribution in [0.4, 0.5) is 0 Å². The number of nitrogens with zero attached hydrogens (tertiary/aromatic N) is 5. The minimum absolute atomic E-state index is 0.113. The molecule has 9 heteroatoms. The lowest BCUT2D eigenvalue weighted by Crippen LogP contribution is -2.48. The normalized spacial score (nSPS) is 22.3. The van der Waals surface area contributed by atoms with Gasteiger partial charge < -0.3 is 15.1 Å². The summed E-state index contributed by atoms with van der Waals surface area (Å²) in [6.45, 7) is 1.09. The smallest absolute Gasteiger partial charge is 0.293 e. The van der Waals surface area contributed by atoms with E-state index in [4.69, 9.17) is 4.84 Å². The summed E-state index contributed by atoms with van der Waals surface area (Å²) < 4.78 is 1.51. The molecule has 134 valence electrons. The van der Waals surface area contributed by atoms with Crippen molar-refractivity contribution in [2.45, 2.75) is 50.2 Å². The maximum absolute atomic E-state index is 12.4. The van der Waals surface area contributed by atoms with Gasteiger partial charge in [-0.15, -0.1) is 5.10 Å². The fourth-order valence-electron chi connectivity index (χ4n) is 3.43. The van der Waals surface area contributed by atoms with Gasteiger partial charge in [0.1, 0.15) is 17.6 Å². The number of oxime groups is 1. The van der Waals surface area contributed by atoms with Crippen LogP contribution >= 0.6 is 0 Å². The maximum Gasteiger partial charge on any atom is 0.293 e. The lowest BCUT2D eigenvalue weighted by Gasteiger charge is -2.36. The number of likely N-dealkylation sites (tertiary alicyclic amines) is 1. The van der Waals surface area contributed by atoms with Crippen molar-refractivity contribution in [2.24, 2.45) is 12.2 Å². The van der Waals surface area contributed by atoms with Crippen LogP contribution in [0.25, 0.3) is 0 Å². The number of nitrogens with one attached hydrogen (secondary N) is 1. The Labute approximate surface area is 145 Å². The van der Waals surface area contributed by atoms with E-state index < -0.39 is 5.60 Å². The fourth-order valence-corrected chi connectivity index (χ4v) is 3.43. The Hall–Kier alpha value is -2.45. The van der Waals surface area contributed by atoms with Crippen molar-refractivity contribution in [1.29, 1.82) is 0 Å². The van der Waals surface area contributed by atoms with Gasteiger partial charge in [-0.05, 0) is 19.3 Å². The molecule has 1 saturated carbocycles. The zero-order valence-corrected chi connectivity index (χ0v) is 14.3. The quantitative estimate of drug-likeness (QED) is 0.844. The Morgan fingerprint density at radius 1 is 1.32 bits per heavy atom. The molecule has 1 aromatic rings. The number of hydrogen-bond donors (Lipinski definition) is 1. The second-order valence-corrected chi connectivity index (χ2v) is 7.12. The third-order valence-corrected chi connectivity index (χ3v) is 5.29. The first-order valence-corrected chi connectivity index (χ1v) is 8.75. The Morgan fingerprint density at radius 3 is 2.68 bits per heavy atom. The summed E-state index contributed by atoms with van der Waals surface area (Å²) in [5.41, 5.74) is 0.0127. The monoisotopic (exact) mass is 346 g/mol. The van der Waals surface area contributed by atoms with E-state index in [9.17, 15) is 9.59 Å². The number of hydrogen-bond acceptors (Lipinski definition) is 6. The number of rotatable bonds is 3. The lowest BCUT2D eigenvalue weighted by molar-refractivity contribution is -0.116. The molecular formula is C16H22N6O3. The second kappa shape index (κ2) is 6.12. The van der Waals surface area contributed by atoms with Crippen LogP contribution in [0.15, 0.2) is 11.5 Å². The van der Waals surface area contributed by atoms with Crippen molar-refractivity contribution in [3.63, 3.8) is 0 Å². The van der Waals surface area contributed by atoms with E-state index in [-0.39, 0.29) is 23.7 Å². The number of amides is 2. The van der Waals surface area contributed by atoms with Gasteiger partial charge in [0.25, 0.3) is 11.8 Å². The van der Waals surface area contributed by atoms with Gasteiger partial charge in [0.2, 0.25) is 5.82 Å². The first-order valence-electron chi connectivity index (χ1n) is 8.75. The van der Waals surface area contributed by atoms with Gasteiger partial charge >= 0.3 is 0 Å². The molecule has 0 aromatic carbocycles. The Morgan fingerprint density at radius 2 is 2.08 bits per heavy atom. The molecule has 3 aliphatic rings. The van der Waals surface area contributed by atoms with Crippen molar-refractivity contribution in [1.82, 2.24) is 25.0 Å². The summed E-state index contributed by atoms with van der Waals surface area (Å²) in [7, 11) is 1.73. The van der Waals surface area contributed by atoms with E-state index in [1.807, 2.05) is 0 Å². The SMILES string of the molecule is Cn1cnc(C(=O)N2CCC3(CC2)CC(C(=O)NC2CCC2)=NO3)n1. The molecule has 1 aromatic heterocycles. The van der Waals surface area contributed by atoms with Gasteiger partial charge in [-0.3, -0.25) is 14.3 Å². The molecule has 0 bridgehead atoms. The number of aromatic nitrogens is 3. The van der Waals surface area contributed by atoms with Gasteiger partial charge in [0.05, 0.1) is 0 Å². The zero-order valence-electron chi connectivity index (χ0n) is 14.3. The molecule has 25 heavy (non-hydrogen) atoms. The lowest BCUT2D eigenvalue weighted by atomic mass is 9.86. The molecule has 2 fully saturated rings. The number of carbonyl (C=O) groups is 2. The average molecular weight is 346 g/mol. The maximum atomic E-state index is 12.4. The van der Waals surface area contributed by atoms with Gasteiger partial charge in [0, 0.05) is 45.4 Å². The zero-order chi connectivity index (χ0) is 17.4. The van der Waals surface area contributed by atoms with Crippen molar-refractivity contribution in [3.05, 3.63) is 12.2 Å². The van der Waals surface area contributed by atoms with Crippen molar-refractivity contribution >= 4 is 17.5 Å². The van der Waals surface area contributed by atoms with E-state index in [0.29, 0.717) is 38.1 Å². The fraction of sp³-hybridized carbons (Fsp3) is 0.688. The van der Waals surface area contributed by atoms with Gasteiger partial charge in [-0.1, -0.05) is 5.16 Å². The molecule has 0 atom stereocenters. The van der Waals surface area contributed by atoms with Crippen LogP contribution in [0.1, 0.15) is 49.1 Å². The molecule has 1 N–H and O–H groups in total. The molecule has 0 unspecified atom stereocenters. The van der Waals surface area contributed by atoms with Crippen molar-refractivity contribution in [2.75, 3.05) is 13.1 Å². The summed E-state index contributed by atoms with van der Waals surface area (Å²) >= 11 is 0. The van der Waals surface area contributed by atoms with E-state index in [1.165, 1.54) is 17.4 Å². The third kappa shape index (κ3) is 3.10. The molecule has 1 spiro atoms. The second-order valence-electron chi connectivity index (χ2n) is 7.12. The summed E-state index contributed by atoms with van der Waals surface area (Å²) in [6.07, 6.45) is 6.58. The van der Waals surface area contributed by atoms with Crippen LogP contribution in [0.2, 0.25) is 0 Å². The molecule has 4 rings (SSSR count). The van der Waals surface area contributed by atoms with Gasteiger partial charge in [-0.25, -0.2) is 4.98 Å². The number of carbonyl (C=O) groups excluding carboxylic acids is 2. The largest absolute Gasteiger partial charge is 0.388 e. The van der Waals surface area contributed by atoms with Crippen molar-refractivity contribution < 1.29 is 14.4 Å². The summed E-state index contributed by atoms with van der Waals surface area (Å²) in [5, 5.41) is 11.1. The summed E-state index contributed by atoms with van der Waals surface area (Å²) in [5.74, 6) is -0.0716. The summed E-state index contributed by atoms with van der Waals surface area (Å²) in [6, 6.07) is 0.289. The molecular weight excluding hydrogens is 324 g/mol. The molecule has 2 aliphatic heterocycles. The van der Waals surface area contributed by atoms with Crippen LogP contribution in [0.3, 0.4) is 0 Å². The predicted molar refractivity (Wildman–Crippen MR) is 87.8 cm³/mol. The minimum atomic E-state index is -0.458. The number of aryl methyl sites for hydroxylation is 1. The van der Waals surface area contributed by atoms with E-state index in [0.717, 1.165) is 12.8 Å². The Balaban J connectivity index is 1.31. The molecule has 0 radical (unpaired) electrons. The highest BCUT2D eigenvalue weighted by Gasteiger charge is 2.45. The predicted octanol–water partition coefficient (Wildman–Crippen LogP) is 0.235. The van der Waals surface area contributed by atoms with Crippen LogP contribution in [-0.4, -0.2) is 61.9 Å². The summed E-state index contributed by atoms with van der Waals surface area (Å²) in [4.78, 5) is 36.0. The van der Waals surface area contributed by atoms with E-state index in [1.54, 1.807) is 11.9 Å². The first-order chi connectivity index (χ1) is 12.0. The van der Waals surface area contributed by atoms with Crippen LogP contribution < -0.4 is 5.32 Å². The standard InChI is InChI=1S/C16H22N6O3/c1-21-10-17-13(19-21)15(24)22-7-5-16(6-8-22)9-12(20-25-16)14(23)18-11-3-2-4-11/h10-11H,2-9H2,1H3,(H,18,23). The highest BCUT2D eigenvalue weighted by molar-refractivity contribution is 6.39. The first kappa shape index (κ1) is 16.0. The highest BCUT2D eigenvalue weighted by atomic mass is 16.7. The van der Waals surface area contributed by atoms with Crippen LogP contribution in [0.5, 0.6) is 0 Å². The van der Waals surface area contributed by atoms with Gasteiger partial charge in [0.15, 0.2) is 0 Å². The van der Waals surface area contributed by atoms with E-state index >= 15 is 0 Å². The molecule has 3 heterocycles. The topological polar surface area (TPSA) is 102 Å². The highest BCUT2D eigenvalue weighted by Crippen LogP contribution is 2.35.